The highest BCUT2D eigenvalue weighted by atomic mass is 28.4. The van der Waals surface area contributed by atoms with E-state index < -0.39 is 8.41 Å². The van der Waals surface area contributed by atoms with Crippen LogP contribution in [-0.2, 0) is 0 Å². The first-order valence-electron chi connectivity index (χ1n) is 2.19. The van der Waals surface area contributed by atoms with Gasteiger partial charge in [0.15, 0.2) is 0 Å². The molecule has 0 aromatic heterocycles. The smallest absolute Gasteiger partial charge is 0.298 e. The lowest BCUT2D eigenvalue weighted by molar-refractivity contribution is 0.825. The van der Waals surface area contributed by atoms with Gasteiger partial charge in [-0.15, -0.1) is 5.92 Å². The third-order valence-corrected chi connectivity index (χ3v) is 1.27. The van der Waals surface area contributed by atoms with E-state index in [9.17, 15) is 4.11 Å². The molecule has 0 amide bonds. The van der Waals surface area contributed by atoms with Gasteiger partial charge in [-0.3, -0.25) is 4.11 Å². The second-order valence-electron chi connectivity index (χ2n) is 1.85. The van der Waals surface area contributed by atoms with Crippen LogP contribution in [0.3, 0.4) is 0 Å². The lowest BCUT2D eigenvalue weighted by atomic mass is 10.8. The molecule has 0 atom stereocenters. The first-order valence-corrected chi connectivity index (χ1v) is 5.07. The van der Waals surface area contributed by atoms with Crippen molar-refractivity contribution in [3.63, 3.8) is 0 Å². The number of hydrogen-bond donors (Lipinski definition) is 0. The van der Waals surface area contributed by atoms with Crippen LogP contribution in [0, 0.1) is 11.5 Å². The van der Waals surface area contributed by atoms with Crippen LogP contribution in [0.5, 0.6) is 0 Å². The minimum atomic E-state index is -2.52. The van der Waals surface area contributed by atoms with Crippen molar-refractivity contribution in [1.82, 2.24) is 0 Å². The molecule has 0 fully saturated rings. The van der Waals surface area contributed by atoms with Crippen molar-refractivity contribution in [3.05, 3.63) is 0 Å². The van der Waals surface area contributed by atoms with Crippen molar-refractivity contribution in [2.24, 2.45) is 0 Å². The van der Waals surface area contributed by atoms with E-state index in [-0.39, 0.29) is 0 Å². The summed E-state index contributed by atoms with van der Waals surface area (Å²) in [5, 5.41) is 0. The quantitative estimate of drug-likeness (QED) is 0.257. The van der Waals surface area contributed by atoms with E-state index in [4.69, 9.17) is 0 Å². The Hall–Kier alpha value is -0.293. The SMILES string of the molecule is CC#C[Si](C)(C)F. The highest BCUT2D eigenvalue weighted by Crippen LogP contribution is 1.98. The van der Waals surface area contributed by atoms with Gasteiger partial charge in [0.2, 0.25) is 0 Å². The average Bonchev–Trinajstić information content (AvgIpc) is 1.30. The predicted octanol–water partition coefficient (Wildman–Crippen LogP) is 1.72. The van der Waals surface area contributed by atoms with Crippen molar-refractivity contribution in [3.8, 4) is 11.5 Å². The molecule has 0 N–H and O–H groups in total. The van der Waals surface area contributed by atoms with Gasteiger partial charge >= 0.3 is 8.41 Å². The highest BCUT2D eigenvalue weighted by molar-refractivity contribution is 6.78. The zero-order chi connectivity index (χ0) is 5.91. The van der Waals surface area contributed by atoms with Crippen LogP contribution in [0.4, 0.5) is 4.11 Å². The molecular weight excluding hydrogens is 107 g/mol. The standard InChI is InChI=1S/C5H9FSi/c1-4-5-7(2,3)6/h1-3H3. The van der Waals surface area contributed by atoms with Crippen LogP contribution in [0.2, 0.25) is 13.1 Å². The van der Waals surface area contributed by atoms with Gasteiger partial charge in [-0.25, -0.2) is 0 Å². The Kier molecular flexibility index (Phi) is 2.04. The van der Waals surface area contributed by atoms with Crippen LogP contribution in [-0.4, -0.2) is 8.41 Å². The summed E-state index contributed by atoms with van der Waals surface area (Å²) in [6.45, 7) is 4.81. The van der Waals surface area contributed by atoms with E-state index in [1.54, 1.807) is 20.0 Å². The maximum atomic E-state index is 12.4. The summed E-state index contributed by atoms with van der Waals surface area (Å²) in [4.78, 5) is 0. The van der Waals surface area contributed by atoms with E-state index >= 15 is 0 Å². The Bertz CT molecular complexity index is 101. The van der Waals surface area contributed by atoms with Gasteiger partial charge in [0, 0.05) is 0 Å². The second kappa shape index (κ2) is 2.13. The lowest BCUT2D eigenvalue weighted by Crippen LogP contribution is -2.14. The van der Waals surface area contributed by atoms with Gasteiger partial charge < -0.3 is 0 Å². The van der Waals surface area contributed by atoms with E-state index in [1.807, 2.05) is 0 Å². The first kappa shape index (κ1) is 6.71. The molecular formula is C5H9FSi. The Morgan fingerprint density at radius 3 is 1.86 bits per heavy atom. The molecule has 0 aliphatic heterocycles. The molecule has 0 bridgehead atoms. The van der Waals surface area contributed by atoms with Crippen LogP contribution in [0.25, 0.3) is 0 Å². The molecule has 2 heteroatoms. The van der Waals surface area contributed by atoms with Crippen LogP contribution in [0.1, 0.15) is 6.92 Å². The van der Waals surface area contributed by atoms with Crippen molar-refractivity contribution >= 4 is 8.41 Å². The molecule has 0 saturated heterocycles. The molecule has 0 spiro atoms. The highest BCUT2D eigenvalue weighted by Gasteiger charge is 2.14. The van der Waals surface area contributed by atoms with Crippen molar-refractivity contribution in [2.75, 3.05) is 0 Å². The van der Waals surface area contributed by atoms with Crippen molar-refractivity contribution in [2.45, 2.75) is 20.0 Å². The normalized spacial score (nSPS) is 9.71. The van der Waals surface area contributed by atoms with Crippen LogP contribution >= 0.6 is 0 Å². The van der Waals surface area contributed by atoms with E-state index in [1.165, 1.54) is 0 Å². The molecule has 0 aromatic carbocycles. The fourth-order valence-corrected chi connectivity index (χ4v) is 0.892. The minimum absolute atomic E-state index is 1.57. The number of hydrogen-bond acceptors (Lipinski definition) is 0. The van der Waals surface area contributed by atoms with Crippen LogP contribution < -0.4 is 0 Å². The summed E-state index contributed by atoms with van der Waals surface area (Å²) in [6, 6.07) is 0. The Morgan fingerprint density at radius 1 is 1.43 bits per heavy atom. The molecule has 0 rings (SSSR count). The molecule has 0 aliphatic rings. The predicted molar refractivity (Wildman–Crippen MR) is 32.0 cm³/mol. The average molecular weight is 116 g/mol. The van der Waals surface area contributed by atoms with Gasteiger partial charge in [0.05, 0.1) is 0 Å². The minimum Gasteiger partial charge on any atom is -0.298 e. The summed E-state index contributed by atoms with van der Waals surface area (Å²) in [5.41, 5.74) is 2.51. The van der Waals surface area contributed by atoms with Crippen molar-refractivity contribution < 1.29 is 4.11 Å². The zero-order valence-corrected chi connectivity index (χ0v) is 5.88. The molecule has 0 aromatic rings. The zero-order valence-electron chi connectivity index (χ0n) is 4.88. The molecule has 0 heterocycles. The largest absolute Gasteiger partial charge is 0.316 e. The second-order valence-corrected chi connectivity index (χ2v) is 5.04. The molecule has 0 aliphatic carbocycles. The molecule has 0 radical (unpaired) electrons. The monoisotopic (exact) mass is 116 g/mol. The maximum Gasteiger partial charge on any atom is 0.316 e. The number of halogens is 1. The number of rotatable bonds is 0. The van der Waals surface area contributed by atoms with E-state index in [0.29, 0.717) is 0 Å². The summed E-state index contributed by atoms with van der Waals surface area (Å²) >= 11 is 0. The van der Waals surface area contributed by atoms with Gasteiger partial charge in [0.25, 0.3) is 0 Å². The topological polar surface area (TPSA) is 0 Å². The molecule has 0 unspecified atom stereocenters. The summed E-state index contributed by atoms with van der Waals surface area (Å²) in [7, 11) is -2.52. The third-order valence-electron chi connectivity index (χ3n) is 0.422. The molecule has 40 valence electrons. The Morgan fingerprint density at radius 2 is 1.86 bits per heavy atom. The summed E-state index contributed by atoms with van der Waals surface area (Å²) in [5.74, 6) is 2.54. The Labute approximate surface area is 44.9 Å². The summed E-state index contributed by atoms with van der Waals surface area (Å²) in [6.07, 6.45) is 0. The van der Waals surface area contributed by atoms with Gasteiger partial charge in [-0.2, -0.15) is 0 Å². The third kappa shape index (κ3) is 5.71. The molecule has 0 saturated carbocycles. The van der Waals surface area contributed by atoms with E-state index in [0.717, 1.165) is 0 Å². The fraction of sp³-hybridized carbons (Fsp3) is 0.600. The Balaban J connectivity index is 3.72. The fourth-order valence-electron chi connectivity index (χ4n) is 0.297. The maximum absolute atomic E-state index is 12.4. The van der Waals surface area contributed by atoms with Gasteiger partial charge in [-0.1, -0.05) is 5.54 Å². The van der Waals surface area contributed by atoms with Crippen molar-refractivity contribution in [1.29, 1.82) is 0 Å². The lowest BCUT2D eigenvalue weighted by Gasteiger charge is -1.95. The van der Waals surface area contributed by atoms with Crippen LogP contribution in [0.15, 0.2) is 0 Å². The molecule has 7 heavy (non-hydrogen) atoms. The summed E-state index contributed by atoms with van der Waals surface area (Å²) < 4.78 is 12.4. The van der Waals surface area contributed by atoms with Gasteiger partial charge in [-0.05, 0) is 20.0 Å². The first-order chi connectivity index (χ1) is 3.06. The molecule has 0 nitrogen and oxygen atoms in total. The van der Waals surface area contributed by atoms with Gasteiger partial charge in [0.1, 0.15) is 0 Å². The van der Waals surface area contributed by atoms with E-state index in [2.05, 4.69) is 11.5 Å².